The lowest BCUT2D eigenvalue weighted by Gasteiger charge is -2.30. The summed E-state index contributed by atoms with van der Waals surface area (Å²) in [4.78, 5) is 11.0. The van der Waals surface area contributed by atoms with E-state index in [9.17, 15) is 4.79 Å². The van der Waals surface area contributed by atoms with Gasteiger partial charge in [0.05, 0.1) is 28.6 Å². The van der Waals surface area contributed by atoms with E-state index in [0.29, 0.717) is 22.5 Å². The molecule has 0 aromatic rings. The summed E-state index contributed by atoms with van der Waals surface area (Å²) in [7, 11) is 0.679. The SMILES string of the molecule is CC(=O)OC(C)([SiH3])OC(C)CCC1CCC2OC2C1. The van der Waals surface area contributed by atoms with Crippen molar-refractivity contribution in [2.45, 2.75) is 76.6 Å². The van der Waals surface area contributed by atoms with Gasteiger partial charge >= 0.3 is 5.97 Å². The molecule has 5 atom stereocenters. The second-order valence-electron chi connectivity index (χ2n) is 6.39. The van der Waals surface area contributed by atoms with E-state index >= 15 is 0 Å². The zero-order valence-corrected chi connectivity index (χ0v) is 14.5. The molecule has 4 nitrogen and oxygen atoms in total. The molecule has 19 heavy (non-hydrogen) atoms. The predicted octanol–water partition coefficient (Wildman–Crippen LogP) is 1.34. The average molecular weight is 286 g/mol. The number of ether oxygens (including phenoxy) is 3. The van der Waals surface area contributed by atoms with Crippen molar-refractivity contribution in [3.63, 3.8) is 0 Å². The lowest BCUT2D eigenvalue weighted by molar-refractivity contribution is -0.199. The molecule has 0 amide bonds. The first-order valence-electron chi connectivity index (χ1n) is 7.38. The number of fused-ring (bicyclic) bond motifs is 1. The molecule has 2 aliphatic rings. The molecule has 2 rings (SSSR count). The monoisotopic (exact) mass is 286 g/mol. The van der Waals surface area contributed by atoms with Gasteiger partial charge in [-0.25, -0.2) is 0 Å². The van der Waals surface area contributed by atoms with Crippen molar-refractivity contribution in [3.8, 4) is 0 Å². The highest BCUT2D eigenvalue weighted by atomic mass is 28.1. The Labute approximate surface area is 118 Å². The van der Waals surface area contributed by atoms with Gasteiger partial charge in [0.25, 0.3) is 0 Å². The van der Waals surface area contributed by atoms with Crippen LogP contribution in [0.15, 0.2) is 0 Å². The maximum Gasteiger partial charge on any atom is 0.304 e. The summed E-state index contributed by atoms with van der Waals surface area (Å²) in [5.41, 5.74) is -0.692. The predicted molar refractivity (Wildman–Crippen MR) is 75.9 cm³/mol. The van der Waals surface area contributed by atoms with Crippen LogP contribution in [0.5, 0.6) is 0 Å². The summed E-state index contributed by atoms with van der Waals surface area (Å²) in [5, 5.41) is 0. The molecule has 5 heteroatoms. The number of hydrogen-bond donors (Lipinski definition) is 0. The molecule has 0 radical (unpaired) electrons. The first-order valence-corrected chi connectivity index (χ1v) is 8.38. The van der Waals surface area contributed by atoms with Gasteiger partial charge in [0.1, 0.15) is 0 Å². The molecule has 0 spiro atoms. The maximum atomic E-state index is 11.0. The summed E-state index contributed by atoms with van der Waals surface area (Å²) in [6.07, 6.45) is 7.23. The van der Waals surface area contributed by atoms with Crippen molar-refractivity contribution in [2.75, 3.05) is 0 Å². The van der Waals surface area contributed by atoms with Gasteiger partial charge < -0.3 is 14.2 Å². The van der Waals surface area contributed by atoms with Gasteiger partial charge in [-0.1, -0.05) is 0 Å². The van der Waals surface area contributed by atoms with Gasteiger partial charge in [-0.3, -0.25) is 4.79 Å². The minimum absolute atomic E-state index is 0.139. The quantitative estimate of drug-likeness (QED) is 0.320. The Morgan fingerprint density at radius 3 is 2.84 bits per heavy atom. The lowest BCUT2D eigenvalue weighted by Crippen LogP contribution is -2.37. The van der Waals surface area contributed by atoms with E-state index in [0.717, 1.165) is 12.3 Å². The van der Waals surface area contributed by atoms with Crippen LogP contribution < -0.4 is 0 Å². The topological polar surface area (TPSA) is 48.1 Å². The zero-order chi connectivity index (χ0) is 14.0. The molecule has 0 aromatic carbocycles. The Morgan fingerprint density at radius 2 is 2.21 bits per heavy atom. The largest absolute Gasteiger partial charge is 0.439 e. The van der Waals surface area contributed by atoms with Crippen LogP contribution in [0.2, 0.25) is 0 Å². The summed E-state index contributed by atoms with van der Waals surface area (Å²) in [5.74, 6) is 0.512. The number of rotatable bonds is 6. The molecule has 2 fully saturated rings. The molecule has 0 N–H and O–H groups in total. The van der Waals surface area contributed by atoms with Crippen molar-refractivity contribution in [2.24, 2.45) is 5.92 Å². The maximum absolute atomic E-state index is 11.0. The van der Waals surface area contributed by atoms with E-state index in [1.54, 1.807) is 0 Å². The Hall–Kier alpha value is -0.393. The Morgan fingerprint density at radius 1 is 1.47 bits per heavy atom. The van der Waals surface area contributed by atoms with Crippen LogP contribution in [-0.2, 0) is 19.0 Å². The smallest absolute Gasteiger partial charge is 0.304 e. The van der Waals surface area contributed by atoms with Crippen LogP contribution in [0.3, 0.4) is 0 Å². The van der Waals surface area contributed by atoms with Crippen LogP contribution in [0.1, 0.15) is 52.9 Å². The molecule has 1 aliphatic heterocycles. The van der Waals surface area contributed by atoms with E-state index in [2.05, 4.69) is 6.92 Å². The molecule has 1 saturated heterocycles. The van der Waals surface area contributed by atoms with E-state index in [1.807, 2.05) is 6.92 Å². The highest BCUT2D eigenvalue weighted by molar-refractivity contribution is 6.13. The number of esters is 1. The van der Waals surface area contributed by atoms with E-state index < -0.39 is 5.41 Å². The van der Waals surface area contributed by atoms with Crippen LogP contribution in [0.25, 0.3) is 0 Å². The minimum atomic E-state index is -0.692. The molecular formula is C14H26O4Si. The summed E-state index contributed by atoms with van der Waals surface area (Å²) >= 11 is 0. The molecule has 5 unspecified atom stereocenters. The number of hydrogen-bond acceptors (Lipinski definition) is 4. The fraction of sp³-hybridized carbons (Fsp3) is 0.929. The van der Waals surface area contributed by atoms with Gasteiger partial charge in [0, 0.05) is 6.92 Å². The zero-order valence-electron chi connectivity index (χ0n) is 12.5. The lowest BCUT2D eigenvalue weighted by atomic mass is 9.85. The second kappa shape index (κ2) is 5.93. The molecule has 0 bridgehead atoms. The van der Waals surface area contributed by atoms with E-state index in [1.165, 1.54) is 32.6 Å². The van der Waals surface area contributed by atoms with Crippen molar-refractivity contribution < 1.29 is 19.0 Å². The van der Waals surface area contributed by atoms with Crippen LogP contribution in [-0.4, -0.2) is 39.9 Å². The summed E-state index contributed by atoms with van der Waals surface area (Å²) in [6.45, 7) is 5.34. The van der Waals surface area contributed by atoms with Gasteiger partial charge in [0.2, 0.25) is 0 Å². The number of epoxide rings is 1. The Bertz CT molecular complexity index is 331. The van der Waals surface area contributed by atoms with Gasteiger partial charge in [-0.15, -0.1) is 0 Å². The number of carbonyl (C=O) groups is 1. The number of carbonyl (C=O) groups excluding carboxylic acids is 1. The highest BCUT2D eigenvalue weighted by Crippen LogP contribution is 2.41. The Balaban J connectivity index is 1.66. The normalized spacial score (nSPS) is 34.2. The van der Waals surface area contributed by atoms with Crippen molar-refractivity contribution >= 4 is 16.2 Å². The fourth-order valence-corrected chi connectivity index (χ4v) is 3.82. The average Bonchev–Trinajstić information content (AvgIpc) is 3.01. The van der Waals surface area contributed by atoms with Crippen molar-refractivity contribution in [1.29, 1.82) is 0 Å². The molecule has 1 aliphatic carbocycles. The Kier molecular flexibility index (Phi) is 4.69. The van der Waals surface area contributed by atoms with E-state index in [-0.39, 0.29) is 12.1 Å². The molecule has 0 aromatic heterocycles. The first-order chi connectivity index (χ1) is 8.85. The van der Waals surface area contributed by atoms with Gasteiger partial charge in [-0.05, 0) is 51.9 Å². The molecule has 110 valence electrons. The minimum Gasteiger partial charge on any atom is -0.439 e. The van der Waals surface area contributed by atoms with Crippen LogP contribution in [0, 0.1) is 5.92 Å². The molecular weight excluding hydrogens is 260 g/mol. The van der Waals surface area contributed by atoms with Crippen LogP contribution in [0.4, 0.5) is 0 Å². The van der Waals surface area contributed by atoms with E-state index in [4.69, 9.17) is 14.2 Å². The third kappa shape index (κ3) is 4.89. The summed E-state index contributed by atoms with van der Waals surface area (Å²) in [6, 6.07) is 0. The van der Waals surface area contributed by atoms with Gasteiger partial charge in [0.15, 0.2) is 5.41 Å². The van der Waals surface area contributed by atoms with Crippen molar-refractivity contribution in [3.05, 3.63) is 0 Å². The fourth-order valence-electron chi connectivity index (χ4n) is 3.13. The molecule has 1 heterocycles. The third-order valence-corrected chi connectivity index (χ3v) is 4.41. The van der Waals surface area contributed by atoms with Crippen molar-refractivity contribution in [1.82, 2.24) is 0 Å². The highest BCUT2D eigenvalue weighted by Gasteiger charge is 2.43. The third-order valence-electron chi connectivity index (χ3n) is 3.97. The van der Waals surface area contributed by atoms with Crippen LogP contribution >= 0.6 is 0 Å². The second-order valence-corrected chi connectivity index (χ2v) is 8.21. The first kappa shape index (κ1) is 15.0. The standard InChI is InChI=1S/C14H26O4Si/c1-9(17-14(3,19)18-10(2)15)4-5-11-6-7-12-13(8-11)16-12/h9,11-13H,4-8H2,1-3,19H3. The van der Waals surface area contributed by atoms with Gasteiger partial charge in [-0.2, -0.15) is 0 Å². The summed E-state index contributed by atoms with van der Waals surface area (Å²) < 4.78 is 16.6. The molecule has 1 saturated carbocycles.